The second kappa shape index (κ2) is 3.59. The zero-order valence-corrected chi connectivity index (χ0v) is 8.20. The lowest BCUT2D eigenvalue weighted by atomic mass is 10.2. The average molecular weight is 178 g/mol. The molecule has 0 spiro atoms. The first-order valence-electron chi connectivity index (χ1n) is 3.66. The number of nitriles is 1. The van der Waals surface area contributed by atoms with E-state index in [0.29, 0.717) is 0 Å². The molecule has 62 valence electrons. The number of nitrogens with zero attached hydrogens (tertiary/aromatic N) is 2. The molecule has 0 aromatic carbocycles. The molecule has 0 aliphatic heterocycles. The van der Waals surface area contributed by atoms with Crippen LogP contribution in [0.25, 0.3) is 0 Å². The minimum Gasteiger partial charge on any atom is -0.257 e. The number of hydrogen-bond acceptors (Lipinski definition) is 3. The molecule has 0 N–H and O–H groups in total. The van der Waals surface area contributed by atoms with Crippen molar-refractivity contribution >= 4 is 11.8 Å². The van der Waals surface area contributed by atoms with Crippen LogP contribution in [0.2, 0.25) is 0 Å². The van der Waals surface area contributed by atoms with Crippen molar-refractivity contribution in [3.63, 3.8) is 0 Å². The zero-order valence-electron chi connectivity index (χ0n) is 7.38. The van der Waals surface area contributed by atoms with Crippen molar-refractivity contribution in [1.29, 1.82) is 5.26 Å². The number of thioether (sulfide) groups is 1. The van der Waals surface area contributed by atoms with Crippen LogP contribution in [0.4, 0.5) is 0 Å². The van der Waals surface area contributed by atoms with Gasteiger partial charge in [-0.25, -0.2) is 0 Å². The van der Waals surface area contributed by atoms with E-state index >= 15 is 0 Å². The van der Waals surface area contributed by atoms with E-state index in [-0.39, 0.29) is 0 Å². The third-order valence-electron chi connectivity index (χ3n) is 1.60. The molecule has 1 aromatic heterocycles. The lowest BCUT2D eigenvalue weighted by molar-refractivity contribution is 1.03. The van der Waals surface area contributed by atoms with Gasteiger partial charge in [0, 0.05) is 10.6 Å². The van der Waals surface area contributed by atoms with Crippen LogP contribution in [0, 0.1) is 31.4 Å². The Morgan fingerprint density at radius 2 is 2.08 bits per heavy atom. The maximum atomic E-state index is 8.52. The van der Waals surface area contributed by atoms with Crippen LogP contribution in [0.15, 0.2) is 11.0 Å². The number of thiocyanates is 1. The molecule has 0 unspecified atom stereocenters. The van der Waals surface area contributed by atoms with Gasteiger partial charge in [-0.05, 0) is 44.2 Å². The lowest BCUT2D eigenvalue weighted by Crippen LogP contribution is -1.91. The Hall–Kier alpha value is -1.01. The van der Waals surface area contributed by atoms with Crippen LogP contribution in [0.1, 0.15) is 17.0 Å². The van der Waals surface area contributed by atoms with E-state index in [2.05, 4.69) is 10.4 Å². The van der Waals surface area contributed by atoms with Gasteiger partial charge in [0.1, 0.15) is 5.40 Å². The molecule has 3 heteroatoms. The van der Waals surface area contributed by atoms with Gasteiger partial charge >= 0.3 is 0 Å². The molecule has 0 bridgehead atoms. The first-order valence-corrected chi connectivity index (χ1v) is 4.47. The van der Waals surface area contributed by atoms with Crippen LogP contribution in [-0.4, -0.2) is 4.98 Å². The van der Waals surface area contributed by atoms with E-state index in [1.807, 2.05) is 26.8 Å². The summed E-state index contributed by atoms with van der Waals surface area (Å²) in [5.41, 5.74) is 3.08. The van der Waals surface area contributed by atoms with Crippen LogP contribution >= 0.6 is 11.8 Å². The molecule has 1 rings (SSSR count). The molecule has 1 heterocycles. The van der Waals surface area contributed by atoms with Crippen molar-refractivity contribution < 1.29 is 0 Å². The highest BCUT2D eigenvalue weighted by Crippen LogP contribution is 2.24. The van der Waals surface area contributed by atoms with E-state index in [1.54, 1.807) is 0 Å². The van der Waals surface area contributed by atoms with Crippen molar-refractivity contribution in [3.8, 4) is 5.40 Å². The Labute approximate surface area is 76.6 Å². The normalized spacial score (nSPS) is 9.50. The third kappa shape index (κ3) is 1.77. The summed E-state index contributed by atoms with van der Waals surface area (Å²) in [6, 6.07) is 1.99. The molecule has 0 fully saturated rings. The molecule has 0 amide bonds. The van der Waals surface area contributed by atoms with E-state index in [9.17, 15) is 0 Å². The van der Waals surface area contributed by atoms with Crippen molar-refractivity contribution in [1.82, 2.24) is 4.98 Å². The first-order chi connectivity index (χ1) is 5.65. The maximum absolute atomic E-state index is 8.52. The first kappa shape index (κ1) is 9.08. The summed E-state index contributed by atoms with van der Waals surface area (Å²) in [4.78, 5) is 5.27. The third-order valence-corrected chi connectivity index (χ3v) is 2.52. The van der Waals surface area contributed by atoms with E-state index in [0.717, 1.165) is 21.8 Å². The largest absolute Gasteiger partial charge is 0.257 e. The highest BCUT2D eigenvalue weighted by atomic mass is 32.2. The maximum Gasteiger partial charge on any atom is 0.138 e. The zero-order chi connectivity index (χ0) is 9.14. The fourth-order valence-electron chi connectivity index (χ4n) is 1.21. The smallest absolute Gasteiger partial charge is 0.138 e. The van der Waals surface area contributed by atoms with Crippen LogP contribution < -0.4 is 0 Å². The van der Waals surface area contributed by atoms with Crippen molar-refractivity contribution in [2.75, 3.05) is 0 Å². The second-order valence-corrected chi connectivity index (χ2v) is 3.48. The molecule has 0 aliphatic rings. The Bertz CT molecular complexity index is 316. The summed E-state index contributed by atoms with van der Waals surface area (Å²) >= 11 is 1.18. The Morgan fingerprint density at radius 1 is 1.42 bits per heavy atom. The van der Waals surface area contributed by atoms with Gasteiger partial charge in [-0.1, -0.05) is 0 Å². The fourth-order valence-corrected chi connectivity index (χ4v) is 1.72. The fraction of sp³-hybridized carbons (Fsp3) is 0.333. The monoisotopic (exact) mass is 178 g/mol. The summed E-state index contributed by atoms with van der Waals surface area (Å²) in [5.74, 6) is 0. The minimum absolute atomic E-state index is 0.944. The minimum atomic E-state index is 0.944. The predicted octanol–water partition coefficient (Wildman–Crippen LogP) is 2.58. The van der Waals surface area contributed by atoms with Gasteiger partial charge in [-0.3, -0.25) is 4.98 Å². The van der Waals surface area contributed by atoms with E-state index in [1.165, 1.54) is 11.8 Å². The van der Waals surface area contributed by atoms with Crippen molar-refractivity contribution in [3.05, 3.63) is 23.0 Å². The van der Waals surface area contributed by atoms with Crippen LogP contribution in [0.3, 0.4) is 0 Å². The number of aryl methyl sites for hydroxylation is 3. The van der Waals surface area contributed by atoms with Crippen molar-refractivity contribution in [2.45, 2.75) is 25.7 Å². The number of aromatic nitrogens is 1. The van der Waals surface area contributed by atoms with Gasteiger partial charge < -0.3 is 0 Å². The highest BCUT2D eigenvalue weighted by molar-refractivity contribution is 8.03. The molecule has 2 nitrogen and oxygen atoms in total. The van der Waals surface area contributed by atoms with Crippen molar-refractivity contribution in [2.24, 2.45) is 0 Å². The average Bonchev–Trinajstić information content (AvgIpc) is 1.96. The standard InChI is InChI=1S/C9H10N2S/c1-6-4-7(2)11-8(3)9(6)12-5-10/h4H,1-3H3. The lowest BCUT2D eigenvalue weighted by Gasteiger charge is -2.04. The van der Waals surface area contributed by atoms with Gasteiger partial charge in [-0.15, -0.1) is 0 Å². The van der Waals surface area contributed by atoms with Crippen LogP contribution in [0.5, 0.6) is 0 Å². The highest BCUT2D eigenvalue weighted by Gasteiger charge is 2.04. The van der Waals surface area contributed by atoms with Gasteiger partial charge in [0.05, 0.1) is 5.69 Å². The van der Waals surface area contributed by atoms with Gasteiger partial charge in [0.25, 0.3) is 0 Å². The second-order valence-electron chi connectivity index (χ2n) is 2.69. The Kier molecular flexibility index (Phi) is 2.72. The summed E-state index contributed by atoms with van der Waals surface area (Å²) in [6.45, 7) is 5.89. The summed E-state index contributed by atoms with van der Waals surface area (Å²) in [7, 11) is 0. The molecule has 0 saturated heterocycles. The van der Waals surface area contributed by atoms with Gasteiger partial charge in [0.15, 0.2) is 0 Å². The van der Waals surface area contributed by atoms with E-state index < -0.39 is 0 Å². The van der Waals surface area contributed by atoms with E-state index in [4.69, 9.17) is 5.26 Å². The molecule has 0 saturated carbocycles. The molecule has 0 radical (unpaired) electrons. The molecule has 0 aliphatic carbocycles. The van der Waals surface area contributed by atoms with Gasteiger partial charge in [-0.2, -0.15) is 5.26 Å². The molecular formula is C9H10N2S. The number of rotatable bonds is 1. The molecule has 0 atom stereocenters. The summed E-state index contributed by atoms with van der Waals surface area (Å²) in [5, 5.41) is 10.6. The molecular weight excluding hydrogens is 168 g/mol. The SMILES string of the molecule is Cc1cc(C)c(SC#N)c(C)n1. The topological polar surface area (TPSA) is 36.7 Å². The predicted molar refractivity (Wildman–Crippen MR) is 49.9 cm³/mol. The Balaban J connectivity index is 3.21. The number of pyridine rings is 1. The summed E-state index contributed by atoms with van der Waals surface area (Å²) in [6.07, 6.45) is 0. The molecule has 12 heavy (non-hydrogen) atoms. The quantitative estimate of drug-likeness (QED) is 0.490. The summed E-state index contributed by atoms with van der Waals surface area (Å²) < 4.78 is 0. The molecule has 1 aromatic rings. The van der Waals surface area contributed by atoms with Crippen LogP contribution in [-0.2, 0) is 0 Å². The van der Waals surface area contributed by atoms with Gasteiger partial charge in [0.2, 0.25) is 0 Å². The number of hydrogen-bond donors (Lipinski definition) is 0. The Morgan fingerprint density at radius 3 is 2.58 bits per heavy atom.